The van der Waals surface area contributed by atoms with Crippen LogP contribution in [0.2, 0.25) is 0 Å². The van der Waals surface area contributed by atoms with Crippen molar-refractivity contribution in [1.82, 2.24) is 4.90 Å². The average molecular weight is 243 g/mol. The molecular weight excluding hydrogens is 227 g/mol. The lowest BCUT2D eigenvalue weighted by Gasteiger charge is -2.31. The van der Waals surface area contributed by atoms with Gasteiger partial charge in [0.1, 0.15) is 6.61 Å². The number of aliphatic hydroxyl groups is 1. The predicted octanol–water partition coefficient (Wildman–Crippen LogP) is 0.258. The number of alkyl halides is 3. The van der Waals surface area contributed by atoms with Crippen molar-refractivity contribution in [2.75, 3.05) is 46.1 Å². The Hall–Kier alpha value is -0.370. The molecular formula is C9H16F3NO3. The Bertz CT molecular complexity index is 201. The molecule has 96 valence electrons. The third-order valence-corrected chi connectivity index (χ3v) is 2.24. The van der Waals surface area contributed by atoms with E-state index in [1.807, 2.05) is 4.90 Å². The number of morpholine rings is 1. The Morgan fingerprint density at radius 2 is 2.19 bits per heavy atom. The summed E-state index contributed by atoms with van der Waals surface area (Å²) in [6.07, 6.45) is -4.50. The van der Waals surface area contributed by atoms with Crippen LogP contribution in [-0.4, -0.2) is 68.3 Å². The highest BCUT2D eigenvalue weighted by atomic mass is 19.4. The van der Waals surface area contributed by atoms with Gasteiger partial charge in [0, 0.05) is 19.6 Å². The lowest BCUT2D eigenvalue weighted by Crippen LogP contribution is -2.45. The van der Waals surface area contributed by atoms with Gasteiger partial charge in [-0.25, -0.2) is 0 Å². The average Bonchev–Trinajstić information content (AvgIpc) is 2.23. The number of rotatable bonds is 5. The van der Waals surface area contributed by atoms with Crippen molar-refractivity contribution in [3.05, 3.63) is 0 Å². The molecule has 1 N–H and O–H groups in total. The highest BCUT2D eigenvalue weighted by Crippen LogP contribution is 2.14. The summed E-state index contributed by atoms with van der Waals surface area (Å²) in [6.45, 7) is 0.872. The minimum Gasteiger partial charge on any atom is -0.394 e. The van der Waals surface area contributed by atoms with E-state index in [0.717, 1.165) is 0 Å². The van der Waals surface area contributed by atoms with Crippen molar-refractivity contribution in [3.63, 3.8) is 0 Å². The molecule has 4 nitrogen and oxygen atoms in total. The fraction of sp³-hybridized carbons (Fsp3) is 1.00. The molecule has 1 atom stereocenters. The third-order valence-electron chi connectivity index (χ3n) is 2.24. The second-order valence-corrected chi connectivity index (χ2v) is 3.64. The van der Waals surface area contributed by atoms with Crippen LogP contribution in [0.1, 0.15) is 0 Å². The minimum absolute atomic E-state index is 0.0393. The SMILES string of the molecule is OCC1CN(CCOCC(F)(F)F)CCO1. The molecule has 1 saturated heterocycles. The van der Waals surface area contributed by atoms with Gasteiger partial charge in [-0.3, -0.25) is 4.90 Å². The maximum atomic E-state index is 11.7. The number of hydrogen-bond donors (Lipinski definition) is 1. The van der Waals surface area contributed by atoms with Crippen molar-refractivity contribution in [3.8, 4) is 0 Å². The summed E-state index contributed by atoms with van der Waals surface area (Å²) in [7, 11) is 0. The fourth-order valence-corrected chi connectivity index (χ4v) is 1.48. The lowest BCUT2D eigenvalue weighted by molar-refractivity contribution is -0.175. The van der Waals surface area contributed by atoms with Crippen LogP contribution in [0.15, 0.2) is 0 Å². The van der Waals surface area contributed by atoms with Gasteiger partial charge >= 0.3 is 6.18 Å². The molecule has 0 bridgehead atoms. The summed E-state index contributed by atoms with van der Waals surface area (Å²) in [6, 6.07) is 0. The number of ether oxygens (including phenoxy) is 2. The van der Waals surface area contributed by atoms with Crippen LogP contribution in [0.25, 0.3) is 0 Å². The van der Waals surface area contributed by atoms with E-state index in [2.05, 4.69) is 4.74 Å². The smallest absolute Gasteiger partial charge is 0.394 e. The van der Waals surface area contributed by atoms with E-state index >= 15 is 0 Å². The van der Waals surface area contributed by atoms with Gasteiger partial charge in [-0.15, -0.1) is 0 Å². The summed E-state index contributed by atoms with van der Waals surface area (Å²) in [5.41, 5.74) is 0. The topological polar surface area (TPSA) is 41.9 Å². The molecule has 1 fully saturated rings. The summed E-state index contributed by atoms with van der Waals surface area (Å²) in [4.78, 5) is 1.92. The molecule has 1 heterocycles. The molecule has 0 aliphatic carbocycles. The molecule has 1 aliphatic rings. The molecule has 16 heavy (non-hydrogen) atoms. The molecule has 1 rings (SSSR count). The summed E-state index contributed by atoms with van der Waals surface area (Å²) in [5, 5.41) is 8.86. The van der Waals surface area contributed by atoms with Gasteiger partial charge in [0.15, 0.2) is 0 Å². The van der Waals surface area contributed by atoms with Crippen molar-refractivity contribution in [2.45, 2.75) is 12.3 Å². The molecule has 7 heteroatoms. The Balaban J connectivity index is 2.08. The first-order valence-corrected chi connectivity index (χ1v) is 5.10. The molecule has 0 spiro atoms. The van der Waals surface area contributed by atoms with E-state index in [1.165, 1.54) is 0 Å². The standard InChI is InChI=1S/C9H16F3NO3/c10-9(11,12)7-15-3-1-13-2-4-16-8(5-13)6-14/h8,14H,1-7H2. The highest BCUT2D eigenvalue weighted by Gasteiger charge is 2.27. The van der Waals surface area contributed by atoms with Crippen molar-refractivity contribution >= 4 is 0 Å². The monoisotopic (exact) mass is 243 g/mol. The molecule has 0 saturated carbocycles. The van der Waals surface area contributed by atoms with Crippen LogP contribution in [0, 0.1) is 0 Å². The first-order valence-electron chi connectivity index (χ1n) is 5.10. The first-order chi connectivity index (χ1) is 7.51. The zero-order valence-electron chi connectivity index (χ0n) is 8.87. The van der Waals surface area contributed by atoms with Crippen molar-refractivity contribution in [2.24, 2.45) is 0 Å². The molecule has 0 aromatic rings. The number of aliphatic hydroxyl groups excluding tert-OH is 1. The first kappa shape index (κ1) is 13.7. The number of hydrogen-bond acceptors (Lipinski definition) is 4. The highest BCUT2D eigenvalue weighted by molar-refractivity contribution is 4.70. The van der Waals surface area contributed by atoms with Gasteiger partial charge < -0.3 is 14.6 Å². The van der Waals surface area contributed by atoms with E-state index in [0.29, 0.717) is 26.2 Å². The molecule has 1 unspecified atom stereocenters. The van der Waals surface area contributed by atoms with Gasteiger partial charge in [-0.1, -0.05) is 0 Å². The Morgan fingerprint density at radius 1 is 1.44 bits per heavy atom. The molecule has 0 aromatic heterocycles. The maximum absolute atomic E-state index is 11.7. The van der Waals surface area contributed by atoms with Crippen LogP contribution in [-0.2, 0) is 9.47 Å². The zero-order chi connectivity index (χ0) is 12.0. The Kier molecular flexibility index (Phi) is 5.47. The number of halogens is 3. The molecule has 0 amide bonds. The van der Waals surface area contributed by atoms with Crippen molar-refractivity contribution < 1.29 is 27.8 Å². The van der Waals surface area contributed by atoms with Crippen molar-refractivity contribution in [1.29, 1.82) is 0 Å². The number of nitrogens with zero attached hydrogens (tertiary/aromatic N) is 1. The van der Waals surface area contributed by atoms with E-state index < -0.39 is 12.8 Å². The minimum atomic E-state index is -4.27. The quantitative estimate of drug-likeness (QED) is 0.703. The van der Waals surface area contributed by atoms with Gasteiger partial charge in [-0.2, -0.15) is 13.2 Å². The maximum Gasteiger partial charge on any atom is 0.411 e. The van der Waals surface area contributed by atoms with Gasteiger partial charge in [0.2, 0.25) is 0 Å². The second kappa shape index (κ2) is 6.39. The van der Waals surface area contributed by atoms with Crippen LogP contribution in [0.5, 0.6) is 0 Å². The van der Waals surface area contributed by atoms with Crippen LogP contribution in [0.4, 0.5) is 13.2 Å². The van der Waals surface area contributed by atoms with Gasteiger partial charge in [-0.05, 0) is 0 Å². The second-order valence-electron chi connectivity index (χ2n) is 3.64. The zero-order valence-corrected chi connectivity index (χ0v) is 8.87. The Morgan fingerprint density at radius 3 is 2.81 bits per heavy atom. The van der Waals surface area contributed by atoms with Crippen LogP contribution < -0.4 is 0 Å². The van der Waals surface area contributed by atoms with E-state index in [9.17, 15) is 13.2 Å². The lowest BCUT2D eigenvalue weighted by atomic mass is 10.3. The Labute approximate surface area is 91.9 Å². The van der Waals surface area contributed by atoms with E-state index in [-0.39, 0.29) is 19.3 Å². The fourth-order valence-electron chi connectivity index (χ4n) is 1.48. The summed E-state index contributed by atoms with van der Waals surface area (Å²) >= 11 is 0. The molecule has 0 radical (unpaired) electrons. The predicted molar refractivity (Wildman–Crippen MR) is 50.1 cm³/mol. The van der Waals surface area contributed by atoms with Gasteiger partial charge in [0.05, 0.1) is 25.9 Å². The summed E-state index contributed by atoms with van der Waals surface area (Å²) in [5.74, 6) is 0. The summed E-state index contributed by atoms with van der Waals surface area (Å²) < 4.78 is 44.9. The third kappa shape index (κ3) is 5.64. The molecule has 1 aliphatic heterocycles. The van der Waals surface area contributed by atoms with Crippen LogP contribution in [0.3, 0.4) is 0 Å². The largest absolute Gasteiger partial charge is 0.411 e. The normalized spacial score (nSPS) is 23.6. The van der Waals surface area contributed by atoms with E-state index in [1.54, 1.807) is 0 Å². The molecule has 0 aromatic carbocycles. The van der Waals surface area contributed by atoms with Gasteiger partial charge in [0.25, 0.3) is 0 Å². The van der Waals surface area contributed by atoms with Crippen LogP contribution >= 0.6 is 0 Å². The van der Waals surface area contributed by atoms with E-state index in [4.69, 9.17) is 9.84 Å².